The molecule has 116 valence electrons. The van der Waals surface area contributed by atoms with Gasteiger partial charge in [-0.25, -0.2) is 4.98 Å². The van der Waals surface area contributed by atoms with Crippen LogP contribution in [0.15, 0.2) is 18.3 Å². The topological polar surface area (TPSA) is 71.7 Å². The molecule has 1 aromatic rings. The zero-order valence-corrected chi connectivity index (χ0v) is 12.6. The highest BCUT2D eigenvalue weighted by atomic mass is 16.5. The second kappa shape index (κ2) is 7.83. The lowest BCUT2D eigenvalue weighted by Crippen LogP contribution is -2.49. The highest BCUT2D eigenvalue weighted by Gasteiger charge is 2.22. The van der Waals surface area contributed by atoms with E-state index >= 15 is 0 Å². The van der Waals surface area contributed by atoms with E-state index in [-0.39, 0.29) is 5.91 Å². The molecule has 0 bridgehead atoms. The minimum atomic E-state index is 0.211. The number of carbonyl (C=O) groups is 1. The van der Waals surface area contributed by atoms with Crippen LogP contribution in [-0.2, 0) is 9.53 Å². The van der Waals surface area contributed by atoms with Gasteiger partial charge in [0.15, 0.2) is 5.82 Å². The number of piperazine rings is 1. The molecule has 21 heavy (non-hydrogen) atoms. The first-order valence-electron chi connectivity index (χ1n) is 7.53. The van der Waals surface area contributed by atoms with Crippen LogP contribution in [0.2, 0.25) is 0 Å². The Kier molecular flexibility index (Phi) is 5.80. The molecule has 0 radical (unpaired) electrons. The van der Waals surface area contributed by atoms with Crippen molar-refractivity contribution >= 4 is 17.4 Å². The number of nitrogen functional groups attached to an aromatic ring is 1. The Morgan fingerprint density at radius 2 is 2.14 bits per heavy atom. The predicted octanol–water partition coefficient (Wildman–Crippen LogP) is 1.13. The van der Waals surface area contributed by atoms with Crippen molar-refractivity contribution in [2.75, 3.05) is 50.0 Å². The molecule has 0 saturated carbocycles. The van der Waals surface area contributed by atoms with E-state index in [1.165, 1.54) is 0 Å². The van der Waals surface area contributed by atoms with E-state index < -0.39 is 0 Å². The number of hydrogen-bond acceptors (Lipinski definition) is 5. The zero-order chi connectivity index (χ0) is 15.1. The van der Waals surface area contributed by atoms with Gasteiger partial charge in [-0.05, 0) is 25.5 Å². The summed E-state index contributed by atoms with van der Waals surface area (Å²) in [7, 11) is 0. The number of rotatable bonds is 6. The number of ether oxygens (including phenoxy) is 1. The van der Waals surface area contributed by atoms with Crippen LogP contribution < -0.4 is 10.6 Å². The number of pyridine rings is 1. The van der Waals surface area contributed by atoms with Crippen LogP contribution in [0, 0.1) is 0 Å². The highest BCUT2D eigenvalue weighted by Crippen LogP contribution is 2.20. The van der Waals surface area contributed by atoms with Crippen molar-refractivity contribution in [1.29, 1.82) is 0 Å². The number of hydrogen-bond donors (Lipinski definition) is 1. The molecular weight excluding hydrogens is 268 g/mol. The van der Waals surface area contributed by atoms with Gasteiger partial charge < -0.3 is 20.3 Å². The molecule has 1 aliphatic rings. The second-order valence-electron chi connectivity index (χ2n) is 5.08. The molecule has 1 fully saturated rings. The Morgan fingerprint density at radius 3 is 2.81 bits per heavy atom. The zero-order valence-electron chi connectivity index (χ0n) is 12.6. The van der Waals surface area contributed by atoms with Gasteiger partial charge in [-0.1, -0.05) is 0 Å². The first-order chi connectivity index (χ1) is 10.2. The Hall–Kier alpha value is -1.82. The van der Waals surface area contributed by atoms with Crippen LogP contribution in [0.25, 0.3) is 0 Å². The van der Waals surface area contributed by atoms with Gasteiger partial charge in [0.1, 0.15) is 0 Å². The third-order valence-electron chi connectivity index (χ3n) is 3.63. The molecule has 0 atom stereocenters. The van der Waals surface area contributed by atoms with Crippen molar-refractivity contribution in [2.45, 2.75) is 19.8 Å². The third-order valence-corrected chi connectivity index (χ3v) is 3.63. The molecule has 1 aromatic heterocycles. The molecule has 6 heteroatoms. The van der Waals surface area contributed by atoms with Gasteiger partial charge in [0.05, 0.1) is 5.69 Å². The van der Waals surface area contributed by atoms with Gasteiger partial charge in [0, 0.05) is 52.0 Å². The lowest BCUT2D eigenvalue weighted by Gasteiger charge is -2.35. The summed E-state index contributed by atoms with van der Waals surface area (Å²) >= 11 is 0. The Bertz CT molecular complexity index is 459. The van der Waals surface area contributed by atoms with E-state index in [4.69, 9.17) is 10.5 Å². The molecular formula is C15H24N4O2. The highest BCUT2D eigenvalue weighted by molar-refractivity contribution is 5.76. The van der Waals surface area contributed by atoms with Gasteiger partial charge in [0.2, 0.25) is 5.91 Å². The van der Waals surface area contributed by atoms with Gasteiger partial charge in [0.25, 0.3) is 0 Å². The van der Waals surface area contributed by atoms with Crippen LogP contribution in [0.1, 0.15) is 19.8 Å². The molecule has 1 saturated heterocycles. The Morgan fingerprint density at radius 1 is 1.38 bits per heavy atom. The van der Waals surface area contributed by atoms with Crippen LogP contribution in [-0.4, -0.2) is 55.2 Å². The lowest BCUT2D eigenvalue weighted by atomic mass is 10.2. The van der Waals surface area contributed by atoms with E-state index in [2.05, 4.69) is 9.88 Å². The molecule has 1 amide bonds. The summed E-state index contributed by atoms with van der Waals surface area (Å²) in [5.41, 5.74) is 6.63. The van der Waals surface area contributed by atoms with E-state index in [0.29, 0.717) is 25.3 Å². The maximum atomic E-state index is 12.1. The summed E-state index contributed by atoms with van der Waals surface area (Å²) in [5.74, 6) is 1.03. The number of carbonyl (C=O) groups excluding carboxylic acids is 1. The normalized spacial score (nSPS) is 15.3. The van der Waals surface area contributed by atoms with Crippen molar-refractivity contribution in [3.05, 3.63) is 18.3 Å². The van der Waals surface area contributed by atoms with Crippen LogP contribution in [0.5, 0.6) is 0 Å². The molecule has 0 aromatic carbocycles. The van der Waals surface area contributed by atoms with Gasteiger partial charge >= 0.3 is 0 Å². The lowest BCUT2D eigenvalue weighted by molar-refractivity contribution is -0.131. The number of aromatic nitrogens is 1. The van der Waals surface area contributed by atoms with Crippen molar-refractivity contribution < 1.29 is 9.53 Å². The number of nitrogens with two attached hydrogens (primary N) is 1. The Balaban J connectivity index is 1.78. The summed E-state index contributed by atoms with van der Waals surface area (Å²) < 4.78 is 5.26. The van der Waals surface area contributed by atoms with Crippen LogP contribution in [0.3, 0.4) is 0 Å². The standard InChI is InChI=1S/C15H24N4O2/c1-2-21-12-4-6-14(20)18-8-10-19(11-9-18)15-13(16)5-3-7-17-15/h3,5,7H,2,4,6,8-12,16H2,1H3. The quantitative estimate of drug-likeness (QED) is 0.796. The summed E-state index contributed by atoms with van der Waals surface area (Å²) in [6.07, 6.45) is 3.10. The van der Waals surface area contributed by atoms with Gasteiger partial charge in [-0.15, -0.1) is 0 Å². The minimum absolute atomic E-state index is 0.211. The van der Waals surface area contributed by atoms with Crippen molar-refractivity contribution in [3.63, 3.8) is 0 Å². The largest absolute Gasteiger partial charge is 0.396 e. The minimum Gasteiger partial charge on any atom is -0.396 e. The van der Waals surface area contributed by atoms with Crippen LogP contribution in [0.4, 0.5) is 11.5 Å². The fourth-order valence-corrected chi connectivity index (χ4v) is 2.47. The number of anilines is 2. The molecule has 2 N–H and O–H groups in total. The summed E-state index contributed by atoms with van der Waals surface area (Å²) in [5, 5.41) is 0. The van der Waals surface area contributed by atoms with E-state index in [1.54, 1.807) is 6.20 Å². The fourth-order valence-electron chi connectivity index (χ4n) is 2.47. The average Bonchev–Trinajstić information content (AvgIpc) is 2.52. The Labute approximate surface area is 125 Å². The molecule has 2 heterocycles. The van der Waals surface area contributed by atoms with Crippen molar-refractivity contribution in [1.82, 2.24) is 9.88 Å². The van der Waals surface area contributed by atoms with Gasteiger partial charge in [-0.3, -0.25) is 4.79 Å². The van der Waals surface area contributed by atoms with Crippen LogP contribution >= 0.6 is 0 Å². The SMILES string of the molecule is CCOCCCC(=O)N1CCN(c2ncccc2N)CC1. The summed E-state index contributed by atoms with van der Waals surface area (Å²) in [6, 6.07) is 3.69. The third kappa shape index (κ3) is 4.32. The molecule has 1 aliphatic heterocycles. The fraction of sp³-hybridized carbons (Fsp3) is 0.600. The van der Waals surface area contributed by atoms with E-state index in [1.807, 2.05) is 24.0 Å². The molecule has 0 spiro atoms. The first kappa shape index (κ1) is 15.6. The second-order valence-corrected chi connectivity index (χ2v) is 5.08. The number of nitrogens with zero attached hydrogens (tertiary/aromatic N) is 3. The monoisotopic (exact) mass is 292 g/mol. The van der Waals surface area contributed by atoms with E-state index in [0.717, 1.165) is 38.4 Å². The summed E-state index contributed by atoms with van der Waals surface area (Å²) in [6.45, 7) is 6.33. The van der Waals surface area contributed by atoms with Crippen molar-refractivity contribution in [3.8, 4) is 0 Å². The molecule has 2 rings (SSSR count). The molecule has 0 unspecified atom stereocenters. The van der Waals surface area contributed by atoms with E-state index in [9.17, 15) is 4.79 Å². The van der Waals surface area contributed by atoms with Crippen molar-refractivity contribution in [2.24, 2.45) is 0 Å². The summed E-state index contributed by atoms with van der Waals surface area (Å²) in [4.78, 5) is 20.5. The molecule has 0 aliphatic carbocycles. The van der Waals surface area contributed by atoms with Gasteiger partial charge in [-0.2, -0.15) is 0 Å². The maximum Gasteiger partial charge on any atom is 0.222 e. The smallest absolute Gasteiger partial charge is 0.222 e. The first-order valence-corrected chi connectivity index (χ1v) is 7.53. The molecule has 6 nitrogen and oxygen atoms in total. The maximum absolute atomic E-state index is 12.1. The predicted molar refractivity (Wildman–Crippen MR) is 83.2 cm³/mol. The average molecular weight is 292 g/mol. The number of amides is 1.